The van der Waals surface area contributed by atoms with Crippen LogP contribution in [0.5, 0.6) is 0 Å². The molecular weight excluding hydrogens is 415 g/mol. The van der Waals surface area contributed by atoms with Crippen LogP contribution in [0.15, 0.2) is 29.3 Å². The zero-order valence-corrected chi connectivity index (χ0v) is 17.6. The first-order valence-corrected chi connectivity index (χ1v) is 8.47. The Morgan fingerprint density at radius 2 is 2.17 bits per heavy atom. The van der Waals surface area contributed by atoms with E-state index in [-0.39, 0.29) is 30.1 Å². The molecule has 0 saturated carbocycles. The van der Waals surface area contributed by atoms with E-state index in [1.54, 1.807) is 0 Å². The monoisotopic (exact) mass is 446 g/mol. The minimum absolute atomic E-state index is 0. The van der Waals surface area contributed by atoms with E-state index in [4.69, 9.17) is 4.74 Å². The molecular formula is C18H31IN4O. The molecule has 1 saturated heterocycles. The molecule has 1 fully saturated rings. The molecule has 6 heteroatoms. The summed E-state index contributed by atoms with van der Waals surface area (Å²) in [5, 5.41) is 3.47. The van der Waals surface area contributed by atoms with Crippen LogP contribution in [0.25, 0.3) is 0 Å². The maximum atomic E-state index is 6.00. The van der Waals surface area contributed by atoms with Gasteiger partial charge >= 0.3 is 0 Å². The van der Waals surface area contributed by atoms with E-state index in [1.165, 1.54) is 11.1 Å². The summed E-state index contributed by atoms with van der Waals surface area (Å²) in [4.78, 5) is 9.03. The highest BCUT2D eigenvalue weighted by atomic mass is 127. The second-order valence-corrected chi connectivity index (χ2v) is 6.03. The predicted octanol–water partition coefficient (Wildman–Crippen LogP) is 2.51. The Morgan fingerprint density at radius 3 is 2.83 bits per heavy atom. The number of likely N-dealkylation sites (N-methyl/N-ethyl adjacent to an activating group) is 1. The maximum absolute atomic E-state index is 6.00. The number of guanidine groups is 1. The van der Waals surface area contributed by atoms with Crippen LogP contribution in [-0.2, 0) is 4.74 Å². The average Bonchev–Trinajstić information content (AvgIpc) is 2.59. The van der Waals surface area contributed by atoms with E-state index in [0.717, 1.165) is 45.3 Å². The summed E-state index contributed by atoms with van der Waals surface area (Å²) in [7, 11) is 3.98. The van der Waals surface area contributed by atoms with Gasteiger partial charge in [-0.05, 0) is 31.6 Å². The highest BCUT2D eigenvalue weighted by Gasteiger charge is 2.24. The van der Waals surface area contributed by atoms with E-state index >= 15 is 0 Å². The number of ether oxygens (including phenoxy) is 1. The zero-order valence-electron chi connectivity index (χ0n) is 15.3. The van der Waals surface area contributed by atoms with Gasteiger partial charge in [-0.3, -0.25) is 4.99 Å². The average molecular weight is 446 g/mol. The second kappa shape index (κ2) is 10.9. The van der Waals surface area contributed by atoms with Gasteiger partial charge in [0.2, 0.25) is 0 Å². The van der Waals surface area contributed by atoms with Crippen molar-refractivity contribution >= 4 is 29.9 Å². The van der Waals surface area contributed by atoms with Crippen molar-refractivity contribution in [2.75, 3.05) is 53.4 Å². The summed E-state index contributed by atoms with van der Waals surface area (Å²) >= 11 is 0. The molecule has 1 aliphatic heterocycles. The molecule has 0 aliphatic carbocycles. The largest absolute Gasteiger partial charge is 0.370 e. The maximum Gasteiger partial charge on any atom is 0.193 e. The Hall–Kier alpha value is -0.860. The molecule has 1 N–H and O–H groups in total. The highest BCUT2D eigenvalue weighted by molar-refractivity contribution is 14.0. The Balaban J connectivity index is 0.00000288. The number of halogens is 1. The standard InChI is InChI=1S/C18H30N4O.HI/c1-5-21(4)11-10-20-18(19-3)22-12-13-23-17(14-22)16-9-7-6-8-15(16)2;/h6-9,17H,5,10-14H2,1-4H3,(H,19,20);1H. The summed E-state index contributed by atoms with van der Waals surface area (Å²) < 4.78 is 6.00. The first-order chi connectivity index (χ1) is 11.2. The summed E-state index contributed by atoms with van der Waals surface area (Å²) in [5.41, 5.74) is 2.56. The molecule has 0 spiro atoms. The number of nitrogens with zero attached hydrogens (tertiary/aromatic N) is 3. The summed E-state index contributed by atoms with van der Waals surface area (Å²) in [5.74, 6) is 0.969. The van der Waals surface area contributed by atoms with Crippen LogP contribution in [0.2, 0.25) is 0 Å². The van der Waals surface area contributed by atoms with Gasteiger partial charge in [-0.25, -0.2) is 0 Å². The van der Waals surface area contributed by atoms with Gasteiger partial charge in [0.25, 0.3) is 0 Å². The summed E-state index contributed by atoms with van der Waals surface area (Å²) in [6, 6.07) is 8.46. The lowest BCUT2D eigenvalue weighted by molar-refractivity contribution is -0.00832. The molecule has 0 radical (unpaired) electrons. The molecule has 2 rings (SSSR count). The van der Waals surface area contributed by atoms with Gasteiger partial charge in [0.05, 0.1) is 13.2 Å². The van der Waals surface area contributed by atoms with Crippen LogP contribution in [0.1, 0.15) is 24.2 Å². The van der Waals surface area contributed by atoms with Gasteiger partial charge in [0.1, 0.15) is 6.10 Å². The fourth-order valence-electron chi connectivity index (χ4n) is 2.83. The van der Waals surface area contributed by atoms with E-state index in [9.17, 15) is 0 Å². The molecule has 0 aromatic heterocycles. The highest BCUT2D eigenvalue weighted by Crippen LogP contribution is 2.24. The van der Waals surface area contributed by atoms with Crippen molar-refractivity contribution in [3.63, 3.8) is 0 Å². The van der Waals surface area contributed by atoms with E-state index < -0.39 is 0 Å². The molecule has 1 unspecified atom stereocenters. The van der Waals surface area contributed by atoms with Crippen molar-refractivity contribution in [2.24, 2.45) is 4.99 Å². The van der Waals surface area contributed by atoms with Crippen molar-refractivity contribution < 1.29 is 4.74 Å². The normalized spacial score (nSPS) is 18.5. The smallest absolute Gasteiger partial charge is 0.193 e. The molecule has 1 heterocycles. The third kappa shape index (κ3) is 5.89. The van der Waals surface area contributed by atoms with Crippen LogP contribution >= 0.6 is 24.0 Å². The molecule has 1 atom stereocenters. The quantitative estimate of drug-likeness (QED) is 0.429. The number of rotatable bonds is 5. The van der Waals surface area contributed by atoms with Gasteiger partial charge in [-0.1, -0.05) is 31.2 Å². The number of nitrogens with one attached hydrogen (secondary N) is 1. The lowest BCUT2D eigenvalue weighted by atomic mass is 10.0. The molecule has 136 valence electrons. The molecule has 1 aromatic rings. The van der Waals surface area contributed by atoms with Crippen molar-refractivity contribution in [1.29, 1.82) is 0 Å². The molecule has 0 bridgehead atoms. The number of morpholine rings is 1. The van der Waals surface area contributed by atoms with Crippen molar-refractivity contribution in [2.45, 2.75) is 20.0 Å². The van der Waals surface area contributed by atoms with Gasteiger partial charge in [0, 0.05) is 26.7 Å². The first kappa shape index (κ1) is 21.2. The summed E-state index contributed by atoms with van der Waals surface area (Å²) in [6.07, 6.45) is 0.113. The van der Waals surface area contributed by atoms with Gasteiger partial charge in [-0.15, -0.1) is 24.0 Å². The Kier molecular flexibility index (Phi) is 9.61. The zero-order chi connectivity index (χ0) is 16.7. The van der Waals surface area contributed by atoms with Crippen LogP contribution in [-0.4, -0.2) is 69.2 Å². The second-order valence-electron chi connectivity index (χ2n) is 6.03. The van der Waals surface area contributed by atoms with Gasteiger partial charge < -0.3 is 19.9 Å². The number of aryl methyl sites for hydroxylation is 1. The SMILES string of the molecule is CCN(C)CCNC(=NC)N1CCOC(c2ccccc2C)C1.I. The fraction of sp³-hybridized carbons (Fsp3) is 0.611. The van der Waals surface area contributed by atoms with Crippen LogP contribution in [0.3, 0.4) is 0 Å². The number of hydrogen-bond acceptors (Lipinski definition) is 3. The van der Waals surface area contributed by atoms with Gasteiger partial charge in [-0.2, -0.15) is 0 Å². The first-order valence-electron chi connectivity index (χ1n) is 8.47. The summed E-state index contributed by atoms with van der Waals surface area (Å²) in [6.45, 7) is 9.75. The lowest BCUT2D eigenvalue weighted by Gasteiger charge is -2.36. The van der Waals surface area contributed by atoms with E-state index in [1.807, 2.05) is 7.05 Å². The van der Waals surface area contributed by atoms with E-state index in [0.29, 0.717) is 0 Å². The van der Waals surface area contributed by atoms with Crippen LogP contribution in [0, 0.1) is 6.92 Å². The van der Waals surface area contributed by atoms with Crippen molar-refractivity contribution in [1.82, 2.24) is 15.1 Å². The third-order valence-electron chi connectivity index (χ3n) is 4.43. The minimum atomic E-state index is 0. The Bertz CT molecular complexity index is 523. The molecule has 5 nitrogen and oxygen atoms in total. The van der Waals surface area contributed by atoms with Crippen molar-refractivity contribution in [3.05, 3.63) is 35.4 Å². The molecule has 1 aromatic carbocycles. The minimum Gasteiger partial charge on any atom is -0.370 e. The third-order valence-corrected chi connectivity index (χ3v) is 4.43. The molecule has 1 aliphatic rings. The van der Waals surface area contributed by atoms with Gasteiger partial charge in [0.15, 0.2) is 5.96 Å². The van der Waals surface area contributed by atoms with Crippen LogP contribution in [0.4, 0.5) is 0 Å². The molecule has 24 heavy (non-hydrogen) atoms. The number of aliphatic imine (C=N–C) groups is 1. The van der Waals surface area contributed by atoms with Crippen molar-refractivity contribution in [3.8, 4) is 0 Å². The van der Waals surface area contributed by atoms with E-state index in [2.05, 4.69) is 65.3 Å². The Labute approximate surface area is 163 Å². The predicted molar refractivity (Wildman–Crippen MR) is 111 cm³/mol. The number of benzene rings is 1. The Morgan fingerprint density at radius 1 is 1.42 bits per heavy atom. The van der Waals surface area contributed by atoms with Crippen LogP contribution < -0.4 is 5.32 Å². The fourth-order valence-corrected chi connectivity index (χ4v) is 2.83. The molecule has 0 amide bonds. The number of hydrogen-bond donors (Lipinski definition) is 1. The lowest BCUT2D eigenvalue weighted by Crippen LogP contribution is -2.49. The topological polar surface area (TPSA) is 40.1 Å².